The Bertz CT molecular complexity index is 1370. The van der Waals surface area contributed by atoms with E-state index in [9.17, 15) is 14.7 Å². The number of nitrogens with zero attached hydrogens (tertiary/aromatic N) is 4. The van der Waals surface area contributed by atoms with E-state index >= 15 is 0 Å². The molecule has 1 saturated carbocycles. The summed E-state index contributed by atoms with van der Waals surface area (Å²) in [7, 11) is 0. The molecular formula is C36H57N5O10S. The van der Waals surface area contributed by atoms with Crippen molar-refractivity contribution in [1.82, 2.24) is 19.8 Å². The highest BCUT2D eigenvalue weighted by atomic mass is 32.1. The van der Waals surface area contributed by atoms with Crippen LogP contribution >= 0.6 is 11.3 Å². The van der Waals surface area contributed by atoms with Crippen LogP contribution in [0.1, 0.15) is 61.8 Å². The van der Waals surface area contributed by atoms with Crippen molar-refractivity contribution in [3.8, 4) is 5.88 Å². The molecule has 292 valence electrons. The highest BCUT2D eigenvalue weighted by Crippen LogP contribution is 2.47. The van der Waals surface area contributed by atoms with E-state index in [0.717, 1.165) is 87.0 Å². The second-order valence-electron chi connectivity index (χ2n) is 13.4. The summed E-state index contributed by atoms with van der Waals surface area (Å²) in [6.07, 6.45) is 6.82. The molecule has 2 aromatic heterocycles. The number of amides is 1. The van der Waals surface area contributed by atoms with Crippen LogP contribution in [-0.2, 0) is 44.4 Å². The van der Waals surface area contributed by atoms with Gasteiger partial charge >= 0.3 is 5.97 Å². The van der Waals surface area contributed by atoms with Crippen LogP contribution in [-0.4, -0.2) is 160 Å². The van der Waals surface area contributed by atoms with Crippen molar-refractivity contribution in [2.24, 2.45) is 5.73 Å². The Hall–Kier alpha value is -2.54. The number of aliphatic hydroxyl groups is 1. The van der Waals surface area contributed by atoms with Gasteiger partial charge < -0.3 is 44.0 Å². The monoisotopic (exact) mass is 751 g/mol. The van der Waals surface area contributed by atoms with Gasteiger partial charge in [0.15, 0.2) is 0 Å². The van der Waals surface area contributed by atoms with Crippen LogP contribution in [0, 0.1) is 0 Å². The molecule has 1 aliphatic heterocycles. The van der Waals surface area contributed by atoms with E-state index in [1.54, 1.807) is 24.6 Å². The standard InChI is InChI=1S/C36H57N5O10S/c1-2-50-31(43)24-49-22-21-48-20-19-47-18-17-46-16-15-45-14-13-40-9-11-41(12-10-40)27-4-6-28(7-5-27)51-35-33-32-26(23-29(42)34(37)44)3-8-30(32)52-36(33)39-25-38-35/h25-29,42H,2-24H2,1H3,(H2,37,44)/t26-,27-,28-,29+/m1/s1. The maximum atomic E-state index is 11.5. The minimum atomic E-state index is -1.16. The fourth-order valence-electron chi connectivity index (χ4n) is 7.22. The minimum Gasteiger partial charge on any atom is -0.474 e. The van der Waals surface area contributed by atoms with E-state index < -0.39 is 12.0 Å². The Morgan fingerprint density at radius 1 is 0.885 bits per heavy atom. The lowest BCUT2D eigenvalue weighted by molar-refractivity contribution is -0.149. The minimum absolute atomic E-state index is 0.0499. The number of hydrogen-bond donors (Lipinski definition) is 2. The third-order valence-corrected chi connectivity index (χ3v) is 11.1. The second kappa shape index (κ2) is 22.0. The van der Waals surface area contributed by atoms with Gasteiger partial charge in [-0.2, -0.15) is 0 Å². The topological polar surface area (TPSA) is 177 Å². The molecule has 52 heavy (non-hydrogen) atoms. The molecule has 2 atom stereocenters. The molecule has 2 fully saturated rings. The van der Waals surface area contributed by atoms with Crippen LogP contribution in [0.5, 0.6) is 5.88 Å². The van der Waals surface area contributed by atoms with Crippen LogP contribution in [0.15, 0.2) is 6.33 Å². The van der Waals surface area contributed by atoms with Crippen LogP contribution in [0.2, 0.25) is 0 Å². The Kier molecular flexibility index (Phi) is 17.2. The summed E-state index contributed by atoms with van der Waals surface area (Å²) in [5.41, 5.74) is 6.49. The first kappa shape index (κ1) is 40.6. The zero-order chi connectivity index (χ0) is 36.5. The van der Waals surface area contributed by atoms with Gasteiger partial charge in [0, 0.05) is 43.6 Å². The molecule has 0 spiro atoms. The highest BCUT2D eigenvalue weighted by Gasteiger charge is 2.34. The lowest BCUT2D eigenvalue weighted by Crippen LogP contribution is -2.52. The summed E-state index contributed by atoms with van der Waals surface area (Å²) in [6.45, 7) is 11.7. The molecule has 0 aromatic carbocycles. The molecule has 2 aliphatic carbocycles. The van der Waals surface area contributed by atoms with Gasteiger partial charge in [-0.15, -0.1) is 11.3 Å². The smallest absolute Gasteiger partial charge is 0.332 e. The number of nitrogens with two attached hydrogens (primary N) is 1. The van der Waals surface area contributed by atoms with Gasteiger partial charge in [-0.25, -0.2) is 14.8 Å². The van der Waals surface area contributed by atoms with Gasteiger partial charge in [-0.05, 0) is 63.4 Å². The molecule has 5 rings (SSSR count). The first-order valence-electron chi connectivity index (χ1n) is 18.8. The first-order chi connectivity index (χ1) is 25.4. The van der Waals surface area contributed by atoms with E-state index in [-0.39, 0.29) is 24.6 Å². The summed E-state index contributed by atoms with van der Waals surface area (Å²) in [5, 5.41) is 11.1. The average molecular weight is 752 g/mol. The van der Waals surface area contributed by atoms with Crippen molar-refractivity contribution in [3.63, 3.8) is 0 Å². The number of thiophene rings is 1. The number of rotatable bonds is 24. The molecule has 15 nitrogen and oxygen atoms in total. The van der Waals surface area contributed by atoms with Crippen LogP contribution in [0.25, 0.3) is 10.2 Å². The molecule has 0 unspecified atom stereocenters. The number of aryl methyl sites for hydroxylation is 1. The second-order valence-corrected chi connectivity index (χ2v) is 14.5. The van der Waals surface area contributed by atoms with Crippen LogP contribution in [0.4, 0.5) is 0 Å². The molecule has 3 N–H and O–H groups in total. The van der Waals surface area contributed by atoms with Gasteiger partial charge in [0.1, 0.15) is 30.0 Å². The number of carbonyl (C=O) groups excluding carboxylic acids is 2. The molecule has 1 saturated heterocycles. The molecule has 3 aliphatic rings. The van der Waals surface area contributed by atoms with E-state index in [2.05, 4.69) is 19.8 Å². The number of hydrogen-bond acceptors (Lipinski definition) is 15. The zero-order valence-corrected chi connectivity index (χ0v) is 31.4. The predicted molar refractivity (Wildman–Crippen MR) is 194 cm³/mol. The SMILES string of the molecule is CCOC(=O)COCCOCCOCCOCCOCCN1CCN([C@H]2CC[C@H](Oc3ncnc4sc5c(c34)[C@@H](C[C@H](O)C(N)=O)CC5)CC2)CC1. The number of aliphatic hydroxyl groups excluding tert-OH is 1. The molecule has 16 heteroatoms. The van der Waals surface area contributed by atoms with Crippen molar-refractivity contribution < 1.29 is 47.9 Å². The van der Waals surface area contributed by atoms with E-state index in [4.69, 9.17) is 38.9 Å². The number of esters is 1. The summed E-state index contributed by atoms with van der Waals surface area (Å²) < 4.78 is 38.8. The quantitative estimate of drug-likeness (QED) is 0.117. The normalized spacial score (nSPS) is 21.7. The molecule has 2 aromatic rings. The number of piperazine rings is 1. The average Bonchev–Trinajstić information content (AvgIpc) is 3.72. The van der Waals surface area contributed by atoms with Gasteiger partial charge in [0.2, 0.25) is 11.8 Å². The Labute approximate surface area is 310 Å². The van der Waals surface area contributed by atoms with Gasteiger partial charge in [0.05, 0.1) is 71.5 Å². The third-order valence-electron chi connectivity index (χ3n) is 9.94. The number of aromatic nitrogens is 2. The number of fused-ring (bicyclic) bond motifs is 3. The van der Waals surface area contributed by atoms with E-state index in [0.29, 0.717) is 84.4 Å². The van der Waals surface area contributed by atoms with E-state index in [1.807, 2.05) is 0 Å². The van der Waals surface area contributed by atoms with Gasteiger partial charge in [0.25, 0.3) is 0 Å². The van der Waals surface area contributed by atoms with E-state index in [1.165, 1.54) is 4.88 Å². The summed E-state index contributed by atoms with van der Waals surface area (Å²) in [6, 6.07) is 0.575. The van der Waals surface area contributed by atoms with Crippen molar-refractivity contribution in [2.75, 3.05) is 105 Å². The molecule has 0 bridgehead atoms. The van der Waals surface area contributed by atoms with Crippen LogP contribution in [0.3, 0.4) is 0 Å². The van der Waals surface area contributed by atoms with Crippen molar-refractivity contribution >= 4 is 33.4 Å². The zero-order valence-electron chi connectivity index (χ0n) is 30.5. The summed E-state index contributed by atoms with van der Waals surface area (Å²) in [5.74, 6) is -0.366. The third kappa shape index (κ3) is 12.5. The van der Waals surface area contributed by atoms with Crippen molar-refractivity contribution in [1.29, 1.82) is 0 Å². The first-order valence-corrected chi connectivity index (χ1v) is 19.7. The molecular weight excluding hydrogens is 694 g/mol. The Morgan fingerprint density at radius 2 is 1.52 bits per heavy atom. The predicted octanol–water partition coefficient (Wildman–Crippen LogP) is 1.91. The van der Waals surface area contributed by atoms with Crippen LogP contribution < -0.4 is 10.5 Å². The maximum absolute atomic E-state index is 11.5. The van der Waals surface area contributed by atoms with Gasteiger partial charge in [-0.3, -0.25) is 14.6 Å². The number of carbonyl (C=O) groups is 2. The van der Waals surface area contributed by atoms with Gasteiger partial charge in [-0.1, -0.05) is 0 Å². The lowest BCUT2D eigenvalue weighted by Gasteiger charge is -2.41. The summed E-state index contributed by atoms with van der Waals surface area (Å²) in [4.78, 5) is 39.1. The molecule has 3 heterocycles. The van der Waals surface area contributed by atoms with Crippen molar-refractivity contribution in [3.05, 3.63) is 16.8 Å². The fourth-order valence-corrected chi connectivity index (χ4v) is 8.45. The van der Waals surface area contributed by atoms with Crippen molar-refractivity contribution in [2.45, 2.75) is 76.0 Å². The summed E-state index contributed by atoms with van der Waals surface area (Å²) >= 11 is 1.67. The number of ether oxygens (including phenoxy) is 7. The lowest BCUT2D eigenvalue weighted by atomic mass is 9.91. The Morgan fingerprint density at radius 3 is 2.15 bits per heavy atom. The number of primary amides is 1. The molecule has 0 radical (unpaired) electrons. The Balaban J connectivity index is 0.874. The fraction of sp³-hybridized carbons (Fsp3) is 0.778. The maximum Gasteiger partial charge on any atom is 0.332 e. The largest absolute Gasteiger partial charge is 0.474 e. The highest BCUT2D eigenvalue weighted by molar-refractivity contribution is 7.19. The molecule has 1 amide bonds.